The average Bonchev–Trinajstić information content (AvgIpc) is 2.59. The van der Waals surface area contributed by atoms with Gasteiger partial charge >= 0.3 is 0 Å². The lowest BCUT2D eigenvalue weighted by Gasteiger charge is -2.28. The Bertz CT molecular complexity index is 525. The molecule has 0 saturated carbocycles. The largest absolute Gasteiger partial charge is 0.496 e. The summed E-state index contributed by atoms with van der Waals surface area (Å²) in [5.74, 6) is 0.950. The molecule has 2 rings (SSSR count). The average molecular weight is 333 g/mol. The molecule has 1 heterocycles. The summed E-state index contributed by atoms with van der Waals surface area (Å²) in [6, 6.07) is 7.90. The highest BCUT2D eigenvalue weighted by Gasteiger charge is 2.28. The van der Waals surface area contributed by atoms with Gasteiger partial charge in [0.15, 0.2) is 0 Å². The Labute approximate surface area is 145 Å². The van der Waals surface area contributed by atoms with E-state index in [4.69, 9.17) is 4.74 Å². The van der Waals surface area contributed by atoms with E-state index in [1.165, 1.54) is 0 Å². The molecule has 1 saturated heterocycles. The number of para-hydroxylation sites is 1. The second-order valence-corrected chi connectivity index (χ2v) is 7.07. The van der Waals surface area contributed by atoms with Crippen LogP contribution in [0.25, 0.3) is 0 Å². The summed E-state index contributed by atoms with van der Waals surface area (Å²) in [5, 5.41) is 6.45. The van der Waals surface area contributed by atoms with Gasteiger partial charge in [-0.1, -0.05) is 32.0 Å². The van der Waals surface area contributed by atoms with Crippen molar-refractivity contribution in [2.24, 2.45) is 5.41 Å². The zero-order valence-corrected chi connectivity index (χ0v) is 15.2. The molecule has 5 heteroatoms. The number of carbonyl (C=O) groups is 1. The summed E-state index contributed by atoms with van der Waals surface area (Å²) in [4.78, 5) is 15.0. The minimum absolute atomic E-state index is 0.105. The van der Waals surface area contributed by atoms with Gasteiger partial charge in [0.05, 0.1) is 7.11 Å². The van der Waals surface area contributed by atoms with Crippen molar-refractivity contribution >= 4 is 5.91 Å². The van der Waals surface area contributed by atoms with Crippen molar-refractivity contribution in [2.45, 2.75) is 26.7 Å². The summed E-state index contributed by atoms with van der Waals surface area (Å²) in [5.41, 5.74) is 0.616. The van der Waals surface area contributed by atoms with Crippen LogP contribution in [-0.2, 0) is 11.2 Å². The van der Waals surface area contributed by atoms with Crippen molar-refractivity contribution in [2.75, 3.05) is 46.4 Å². The van der Waals surface area contributed by atoms with Gasteiger partial charge in [0.25, 0.3) is 0 Å². The summed E-state index contributed by atoms with van der Waals surface area (Å²) in [6.45, 7) is 10.1. The van der Waals surface area contributed by atoms with E-state index in [1.54, 1.807) is 7.11 Å². The Balaban J connectivity index is 1.77. The molecular formula is C19H31N3O2. The standard InChI is InChI=1S/C19H31N3O2/c1-19(2,15-16-7-4-5-8-17(16)24-3)18(23)21-9-6-12-22-13-10-20-11-14-22/h4-5,7-8,20H,6,9-15H2,1-3H3,(H,21,23). The Morgan fingerprint density at radius 3 is 2.71 bits per heavy atom. The molecule has 0 spiro atoms. The van der Waals surface area contributed by atoms with Gasteiger partial charge in [0.1, 0.15) is 5.75 Å². The number of hydrogen-bond donors (Lipinski definition) is 2. The molecule has 0 aliphatic carbocycles. The van der Waals surface area contributed by atoms with E-state index >= 15 is 0 Å². The highest BCUT2D eigenvalue weighted by Crippen LogP contribution is 2.27. The van der Waals surface area contributed by atoms with Crippen LogP contribution in [-0.4, -0.2) is 57.2 Å². The van der Waals surface area contributed by atoms with Gasteiger partial charge in [0, 0.05) is 38.1 Å². The first-order valence-corrected chi connectivity index (χ1v) is 8.86. The SMILES string of the molecule is COc1ccccc1CC(C)(C)C(=O)NCCCN1CCNCC1. The molecule has 0 aromatic heterocycles. The van der Waals surface area contributed by atoms with Gasteiger partial charge in [-0.3, -0.25) is 4.79 Å². The highest BCUT2D eigenvalue weighted by molar-refractivity contribution is 5.82. The molecule has 2 N–H and O–H groups in total. The first kappa shape index (κ1) is 18.7. The first-order valence-electron chi connectivity index (χ1n) is 8.86. The maximum atomic E-state index is 12.5. The maximum absolute atomic E-state index is 12.5. The molecule has 1 amide bonds. The predicted molar refractivity (Wildman–Crippen MR) is 97.4 cm³/mol. The van der Waals surface area contributed by atoms with Crippen molar-refractivity contribution in [3.05, 3.63) is 29.8 Å². The lowest BCUT2D eigenvalue weighted by Crippen LogP contribution is -2.44. The van der Waals surface area contributed by atoms with Crippen molar-refractivity contribution in [1.29, 1.82) is 0 Å². The van der Waals surface area contributed by atoms with E-state index in [0.29, 0.717) is 6.42 Å². The number of methoxy groups -OCH3 is 1. The van der Waals surface area contributed by atoms with Gasteiger partial charge in [-0.15, -0.1) is 0 Å². The fourth-order valence-electron chi connectivity index (χ4n) is 3.08. The molecule has 0 radical (unpaired) electrons. The zero-order chi connectivity index (χ0) is 17.4. The van der Waals surface area contributed by atoms with Gasteiger partial charge in [-0.25, -0.2) is 0 Å². The van der Waals surface area contributed by atoms with Crippen molar-refractivity contribution in [3.63, 3.8) is 0 Å². The Kier molecular flexibility index (Phi) is 7.06. The number of ether oxygens (including phenoxy) is 1. The third kappa shape index (κ3) is 5.49. The minimum atomic E-state index is -0.455. The number of carbonyl (C=O) groups excluding carboxylic acids is 1. The predicted octanol–water partition coefficient (Wildman–Crippen LogP) is 1.68. The van der Waals surface area contributed by atoms with Gasteiger partial charge in [-0.05, 0) is 31.0 Å². The molecule has 0 bridgehead atoms. The topological polar surface area (TPSA) is 53.6 Å². The summed E-state index contributed by atoms with van der Waals surface area (Å²) >= 11 is 0. The normalized spacial score (nSPS) is 16.0. The van der Waals surface area contributed by atoms with E-state index in [1.807, 2.05) is 38.1 Å². The lowest BCUT2D eigenvalue weighted by atomic mass is 9.84. The Hall–Kier alpha value is -1.59. The number of rotatable bonds is 8. The fourth-order valence-corrected chi connectivity index (χ4v) is 3.08. The summed E-state index contributed by atoms with van der Waals surface area (Å²) in [7, 11) is 1.67. The minimum Gasteiger partial charge on any atom is -0.496 e. The molecular weight excluding hydrogens is 302 g/mol. The third-order valence-corrected chi connectivity index (χ3v) is 4.59. The van der Waals surface area contributed by atoms with E-state index < -0.39 is 5.41 Å². The molecule has 5 nitrogen and oxygen atoms in total. The smallest absolute Gasteiger partial charge is 0.225 e. The first-order chi connectivity index (χ1) is 11.5. The fraction of sp³-hybridized carbons (Fsp3) is 0.632. The van der Waals surface area contributed by atoms with Crippen LogP contribution in [0.5, 0.6) is 5.75 Å². The molecule has 1 aliphatic heterocycles. The number of amides is 1. The maximum Gasteiger partial charge on any atom is 0.225 e. The van der Waals surface area contributed by atoms with Gasteiger partial charge in [-0.2, -0.15) is 0 Å². The molecule has 24 heavy (non-hydrogen) atoms. The quantitative estimate of drug-likeness (QED) is 0.711. The Morgan fingerprint density at radius 1 is 1.29 bits per heavy atom. The van der Waals surface area contributed by atoms with E-state index in [2.05, 4.69) is 15.5 Å². The van der Waals surface area contributed by atoms with Crippen LogP contribution < -0.4 is 15.4 Å². The van der Waals surface area contributed by atoms with Gasteiger partial charge < -0.3 is 20.3 Å². The number of nitrogens with zero attached hydrogens (tertiary/aromatic N) is 1. The van der Waals surface area contributed by atoms with Crippen LogP contribution in [0.2, 0.25) is 0 Å². The highest BCUT2D eigenvalue weighted by atomic mass is 16.5. The molecule has 0 atom stereocenters. The number of piperazine rings is 1. The third-order valence-electron chi connectivity index (χ3n) is 4.59. The lowest BCUT2D eigenvalue weighted by molar-refractivity contribution is -0.129. The van der Waals surface area contributed by atoms with Crippen LogP contribution in [0.3, 0.4) is 0 Å². The molecule has 1 aromatic rings. The van der Waals surface area contributed by atoms with Crippen LogP contribution in [0.15, 0.2) is 24.3 Å². The molecule has 134 valence electrons. The van der Waals surface area contributed by atoms with Crippen LogP contribution in [0, 0.1) is 5.41 Å². The molecule has 1 aliphatic rings. The van der Waals surface area contributed by atoms with E-state index in [-0.39, 0.29) is 5.91 Å². The molecule has 1 fully saturated rings. The van der Waals surface area contributed by atoms with E-state index in [0.717, 1.165) is 57.0 Å². The second-order valence-electron chi connectivity index (χ2n) is 7.07. The number of hydrogen-bond acceptors (Lipinski definition) is 4. The van der Waals surface area contributed by atoms with Crippen molar-refractivity contribution < 1.29 is 9.53 Å². The van der Waals surface area contributed by atoms with E-state index in [9.17, 15) is 4.79 Å². The molecule has 0 unspecified atom stereocenters. The zero-order valence-electron chi connectivity index (χ0n) is 15.2. The number of nitrogens with one attached hydrogen (secondary N) is 2. The van der Waals surface area contributed by atoms with Crippen LogP contribution in [0.4, 0.5) is 0 Å². The molecule has 1 aromatic carbocycles. The van der Waals surface area contributed by atoms with Crippen LogP contribution >= 0.6 is 0 Å². The second kappa shape index (κ2) is 9.04. The van der Waals surface area contributed by atoms with Crippen molar-refractivity contribution in [3.8, 4) is 5.75 Å². The van der Waals surface area contributed by atoms with Crippen LogP contribution in [0.1, 0.15) is 25.8 Å². The van der Waals surface area contributed by atoms with Crippen molar-refractivity contribution in [1.82, 2.24) is 15.5 Å². The Morgan fingerprint density at radius 2 is 2.00 bits per heavy atom. The summed E-state index contributed by atoms with van der Waals surface area (Å²) in [6.07, 6.45) is 1.66. The summed E-state index contributed by atoms with van der Waals surface area (Å²) < 4.78 is 5.39. The van der Waals surface area contributed by atoms with Gasteiger partial charge in [0.2, 0.25) is 5.91 Å². The number of benzene rings is 1. The monoisotopic (exact) mass is 333 g/mol.